The van der Waals surface area contributed by atoms with Gasteiger partial charge in [-0.25, -0.2) is 12.8 Å². The number of hydrogen-bond acceptors (Lipinski definition) is 4. The van der Waals surface area contributed by atoms with E-state index in [2.05, 4.69) is 10.8 Å². The molecule has 1 heterocycles. The summed E-state index contributed by atoms with van der Waals surface area (Å²) in [6.45, 7) is 7.30. The van der Waals surface area contributed by atoms with E-state index in [-0.39, 0.29) is 36.3 Å². The van der Waals surface area contributed by atoms with Crippen molar-refractivity contribution in [1.82, 2.24) is 4.90 Å². The van der Waals surface area contributed by atoms with Crippen LogP contribution in [0.4, 0.5) is 4.39 Å². The topological polar surface area (TPSA) is 63.7 Å². The van der Waals surface area contributed by atoms with Crippen molar-refractivity contribution in [2.24, 2.45) is 0 Å². The van der Waals surface area contributed by atoms with E-state index in [1.54, 1.807) is 24.1 Å². The largest absolute Gasteiger partial charge is 0.385 e. The second-order valence-corrected chi connectivity index (χ2v) is 11.6. The van der Waals surface area contributed by atoms with Gasteiger partial charge < -0.3 is 9.64 Å². The maximum Gasteiger partial charge on any atom is 0.253 e. The smallest absolute Gasteiger partial charge is 0.253 e. The van der Waals surface area contributed by atoms with Crippen LogP contribution in [0.5, 0.6) is 0 Å². The molecule has 1 saturated heterocycles. The second-order valence-electron chi connectivity index (χ2n) is 9.32. The molecule has 1 amide bonds. The summed E-state index contributed by atoms with van der Waals surface area (Å²) < 4.78 is 41.8. The molecule has 0 N–H and O–H groups in total. The molecule has 0 saturated carbocycles. The van der Waals surface area contributed by atoms with Crippen molar-refractivity contribution < 1.29 is 22.3 Å². The number of nitrogens with zero attached hydrogens (tertiary/aromatic N) is 1. The molecule has 3 aromatic rings. The summed E-state index contributed by atoms with van der Waals surface area (Å²) in [6.07, 6.45) is 2.89. The maximum absolute atomic E-state index is 14.0. The molecule has 1 fully saturated rings. The van der Waals surface area contributed by atoms with Crippen molar-refractivity contribution in [1.29, 1.82) is 0 Å². The van der Waals surface area contributed by atoms with Crippen molar-refractivity contribution >= 4 is 21.3 Å². The molecule has 3 aromatic carbocycles. The summed E-state index contributed by atoms with van der Waals surface area (Å²) in [5.74, 6) is -0.299. The molecular weight excluding hydrogens is 501 g/mol. The summed E-state index contributed by atoms with van der Waals surface area (Å²) in [5.41, 5.74) is 6.34. The first-order valence-corrected chi connectivity index (χ1v) is 14.6. The van der Waals surface area contributed by atoms with Gasteiger partial charge in [0.2, 0.25) is 0 Å². The number of rotatable bonds is 6. The molecule has 38 heavy (non-hydrogen) atoms. The van der Waals surface area contributed by atoms with E-state index in [1.165, 1.54) is 6.07 Å². The Bertz CT molecular complexity index is 1370. The molecule has 7 heteroatoms. The average molecular weight is 538 g/mol. The maximum atomic E-state index is 14.0. The molecule has 0 unspecified atom stereocenters. The van der Waals surface area contributed by atoms with Crippen LogP contribution in [0, 0.1) is 12.7 Å². The van der Waals surface area contributed by atoms with Gasteiger partial charge in [0.05, 0.1) is 11.5 Å². The highest BCUT2D eigenvalue weighted by Gasteiger charge is 2.25. The number of halogens is 1. The first kappa shape index (κ1) is 29.3. The van der Waals surface area contributed by atoms with Gasteiger partial charge in [-0.1, -0.05) is 54.6 Å². The monoisotopic (exact) mass is 537 g/mol. The number of carbonyl (C=O) groups excluding carboxylic acids is 1. The van der Waals surface area contributed by atoms with E-state index in [0.29, 0.717) is 11.1 Å². The van der Waals surface area contributed by atoms with Crippen LogP contribution in [0.25, 0.3) is 16.7 Å². The molecule has 0 aliphatic carbocycles. The molecule has 0 atom stereocenters. The number of hydrogen-bond donors (Lipinski definition) is 0. The summed E-state index contributed by atoms with van der Waals surface area (Å²) in [5, 5.41) is 0. The van der Waals surface area contributed by atoms with Crippen LogP contribution in [0.15, 0.2) is 72.8 Å². The first-order chi connectivity index (χ1) is 18.1. The van der Waals surface area contributed by atoms with Crippen LogP contribution in [-0.4, -0.2) is 57.5 Å². The number of sulfone groups is 1. The highest BCUT2D eigenvalue weighted by atomic mass is 32.2. The van der Waals surface area contributed by atoms with Crippen LogP contribution in [-0.2, 0) is 21.0 Å². The molecule has 202 valence electrons. The van der Waals surface area contributed by atoms with Gasteiger partial charge in [0.15, 0.2) is 9.84 Å². The van der Waals surface area contributed by atoms with Crippen LogP contribution >= 0.6 is 0 Å². The minimum Gasteiger partial charge on any atom is -0.385 e. The number of aryl methyl sites for hydroxylation is 1. The van der Waals surface area contributed by atoms with E-state index < -0.39 is 9.84 Å². The third-order valence-electron chi connectivity index (χ3n) is 6.60. The van der Waals surface area contributed by atoms with E-state index in [0.717, 1.165) is 40.9 Å². The third kappa shape index (κ3) is 7.85. The number of ether oxygens (including phenoxy) is 1. The number of amides is 1. The summed E-state index contributed by atoms with van der Waals surface area (Å²) in [6, 6.07) is 20.3. The fourth-order valence-corrected chi connectivity index (χ4v) is 5.44. The fraction of sp³-hybridized carbons (Fsp3) is 0.323. The highest BCUT2D eigenvalue weighted by Crippen LogP contribution is 2.25. The average Bonchev–Trinajstić information content (AvgIpc) is 2.92. The van der Waals surface area contributed by atoms with Crippen molar-refractivity contribution in [2.45, 2.75) is 27.2 Å². The highest BCUT2D eigenvalue weighted by molar-refractivity contribution is 7.91. The van der Waals surface area contributed by atoms with Gasteiger partial charge in [-0.2, -0.15) is 0 Å². The molecule has 1 aliphatic heterocycles. The van der Waals surface area contributed by atoms with Gasteiger partial charge in [0, 0.05) is 37.9 Å². The second kappa shape index (κ2) is 13.5. The van der Waals surface area contributed by atoms with Gasteiger partial charge >= 0.3 is 0 Å². The zero-order chi connectivity index (χ0) is 27.7. The lowest BCUT2D eigenvalue weighted by Crippen LogP contribution is -2.43. The zero-order valence-electron chi connectivity index (χ0n) is 22.5. The molecule has 4 rings (SSSR count). The molecule has 5 nitrogen and oxygen atoms in total. The normalized spacial score (nSPS) is 15.0. The number of benzene rings is 3. The van der Waals surface area contributed by atoms with Gasteiger partial charge in [0.1, 0.15) is 5.82 Å². The third-order valence-corrected chi connectivity index (χ3v) is 8.21. The minimum atomic E-state index is -3.02. The molecule has 1 aliphatic rings. The predicted molar refractivity (Wildman–Crippen MR) is 152 cm³/mol. The lowest BCUT2D eigenvalue weighted by atomic mass is 9.97. The zero-order valence-corrected chi connectivity index (χ0v) is 23.4. The van der Waals surface area contributed by atoms with Crippen LogP contribution in [0.3, 0.4) is 0 Å². The Hall–Kier alpha value is -3.29. The van der Waals surface area contributed by atoms with Crippen molar-refractivity contribution in [3.05, 3.63) is 101 Å². The Morgan fingerprint density at radius 2 is 1.66 bits per heavy atom. The molecule has 0 radical (unpaired) electrons. The molecule has 0 aromatic heterocycles. The summed E-state index contributed by atoms with van der Waals surface area (Å²) >= 11 is 0. The first-order valence-electron chi connectivity index (χ1n) is 12.8. The van der Waals surface area contributed by atoms with Crippen molar-refractivity contribution in [3.8, 4) is 11.1 Å². The van der Waals surface area contributed by atoms with Gasteiger partial charge in [-0.3, -0.25) is 4.79 Å². The van der Waals surface area contributed by atoms with Gasteiger partial charge in [-0.15, -0.1) is 0 Å². The Balaban J connectivity index is 0.000000934. The van der Waals surface area contributed by atoms with Crippen molar-refractivity contribution in [3.63, 3.8) is 0 Å². The quantitative estimate of drug-likeness (QED) is 0.389. The van der Waals surface area contributed by atoms with Crippen molar-refractivity contribution in [2.75, 3.05) is 38.3 Å². The molecule has 0 bridgehead atoms. The van der Waals surface area contributed by atoms with E-state index in [1.807, 2.05) is 69.3 Å². The van der Waals surface area contributed by atoms with Gasteiger partial charge in [0.25, 0.3) is 5.91 Å². The van der Waals surface area contributed by atoms with Crippen LogP contribution in [0.2, 0.25) is 0 Å². The van der Waals surface area contributed by atoms with E-state index in [4.69, 9.17) is 0 Å². The SMILES string of the molecule is C/C(=C/Cc1ccc(-c2ccccc2F)cc1)c1ccc(C(=O)N2CCS(=O)(=O)CC2)cc1C.CCOC. The fourth-order valence-electron chi connectivity index (χ4n) is 4.23. The van der Waals surface area contributed by atoms with E-state index >= 15 is 0 Å². The number of methoxy groups -OCH3 is 1. The summed E-state index contributed by atoms with van der Waals surface area (Å²) in [4.78, 5) is 14.4. The van der Waals surface area contributed by atoms with Crippen LogP contribution in [0.1, 0.15) is 40.9 Å². The van der Waals surface area contributed by atoms with E-state index in [9.17, 15) is 17.6 Å². The predicted octanol–water partition coefficient (Wildman–Crippen LogP) is 5.97. The lowest BCUT2D eigenvalue weighted by molar-refractivity contribution is 0.0770. The Morgan fingerprint density at radius 3 is 2.24 bits per heavy atom. The molecule has 0 spiro atoms. The standard InChI is InChI=1S/C28H28FNO3S.C3H8O/c1-20(7-8-22-9-11-23(12-10-22)26-5-3-4-6-27(26)29)25-14-13-24(19-21(25)2)28(31)30-15-17-34(32,33)18-16-30;1-3-4-2/h3-7,9-14,19H,8,15-18H2,1-2H3;3H2,1-2H3/b20-7-;. The Kier molecular flexibility index (Phi) is 10.4. The van der Waals surface area contributed by atoms with Gasteiger partial charge in [-0.05, 0) is 73.2 Å². The number of carbonyl (C=O) groups is 1. The van der Waals surface area contributed by atoms with Crippen LogP contribution < -0.4 is 0 Å². The Morgan fingerprint density at radius 1 is 1.03 bits per heavy atom. The Labute approximate surface area is 225 Å². The summed E-state index contributed by atoms with van der Waals surface area (Å²) in [7, 11) is -1.34. The number of allylic oxidation sites excluding steroid dienone is 2. The molecular formula is C31H36FNO4S. The minimum absolute atomic E-state index is 0.0267. The lowest BCUT2D eigenvalue weighted by Gasteiger charge is -2.27.